The molecule has 2 aromatic heterocycles. The van der Waals surface area contributed by atoms with E-state index in [4.69, 9.17) is 14.2 Å². The molecule has 2 aromatic carbocycles. The summed E-state index contributed by atoms with van der Waals surface area (Å²) in [7, 11) is 0. The lowest BCUT2D eigenvalue weighted by Crippen LogP contribution is -2.53. The number of amides is 2. The molecule has 2 aliphatic heterocycles. The number of aromatic amines is 1. The molecule has 0 unspecified atom stereocenters. The Hall–Kier alpha value is -5.37. The number of fused-ring (bicyclic) bond motifs is 1. The van der Waals surface area contributed by atoms with Crippen LogP contribution in [0.4, 0.5) is 0 Å². The Morgan fingerprint density at radius 2 is 1.70 bits per heavy atom. The summed E-state index contributed by atoms with van der Waals surface area (Å²) < 4.78 is 18.5. The minimum atomic E-state index is -1.10. The lowest BCUT2D eigenvalue weighted by atomic mass is 10.1. The summed E-state index contributed by atoms with van der Waals surface area (Å²) in [6, 6.07) is 16.5. The predicted octanol–water partition coefficient (Wildman–Crippen LogP) is 1.80. The topological polar surface area (TPSA) is 175 Å². The first kappa shape index (κ1) is 31.6. The van der Waals surface area contributed by atoms with Crippen molar-refractivity contribution in [3.63, 3.8) is 0 Å². The molecular weight excluding hydrogens is 608 g/mol. The number of carbonyl (C=O) groups is 4. The maximum atomic E-state index is 13.5. The Kier molecular flexibility index (Phi) is 9.67. The quantitative estimate of drug-likeness (QED) is 0.192. The maximum absolute atomic E-state index is 13.5. The van der Waals surface area contributed by atoms with Crippen LogP contribution in [-0.2, 0) is 46.4 Å². The number of hydrogen-bond donors (Lipinski definition) is 2. The van der Waals surface area contributed by atoms with Crippen molar-refractivity contribution in [2.45, 2.75) is 63.1 Å². The van der Waals surface area contributed by atoms with Crippen molar-refractivity contribution in [2.75, 3.05) is 13.2 Å². The second kappa shape index (κ2) is 14.4. The van der Waals surface area contributed by atoms with Gasteiger partial charge in [-0.3, -0.25) is 19.0 Å². The zero-order valence-electron chi connectivity index (χ0n) is 25.4. The van der Waals surface area contributed by atoms with Crippen molar-refractivity contribution in [3.8, 4) is 0 Å². The molecule has 4 aromatic rings. The molecule has 2 N–H and O–H groups in total. The van der Waals surface area contributed by atoms with E-state index in [0.717, 1.165) is 11.1 Å². The molecule has 0 aliphatic carbocycles. The van der Waals surface area contributed by atoms with Crippen molar-refractivity contribution in [1.29, 1.82) is 0 Å². The van der Waals surface area contributed by atoms with E-state index < -0.39 is 48.2 Å². The van der Waals surface area contributed by atoms with E-state index in [0.29, 0.717) is 31.3 Å². The highest BCUT2D eigenvalue weighted by Gasteiger charge is 2.39. The number of hydrogen-bond acceptors (Lipinski definition) is 10. The van der Waals surface area contributed by atoms with Crippen molar-refractivity contribution >= 4 is 34.9 Å². The van der Waals surface area contributed by atoms with Gasteiger partial charge >= 0.3 is 17.8 Å². The zero-order valence-corrected chi connectivity index (χ0v) is 25.4. The van der Waals surface area contributed by atoms with Gasteiger partial charge in [0, 0.05) is 13.0 Å². The van der Waals surface area contributed by atoms with E-state index >= 15 is 0 Å². The molecule has 0 bridgehead atoms. The van der Waals surface area contributed by atoms with Gasteiger partial charge in [-0.1, -0.05) is 60.7 Å². The van der Waals surface area contributed by atoms with Crippen LogP contribution < -0.4 is 10.9 Å². The molecule has 4 atom stereocenters. The van der Waals surface area contributed by atoms with Crippen LogP contribution in [0.3, 0.4) is 0 Å². The highest BCUT2D eigenvalue weighted by molar-refractivity contribution is 6.32. The SMILES string of the molecule is O=C(OC[C@@H]1CC[C@H](n2cnc3c(=O)[nH]cnc32)O1)C(=O)N1CCC[C@H]1C(=O)N[C@H](Cc1ccccc1)C(=O)OCc1ccccc1. The fourth-order valence-corrected chi connectivity index (χ4v) is 5.86. The molecule has 2 fully saturated rings. The smallest absolute Gasteiger partial charge is 0.397 e. The fourth-order valence-electron chi connectivity index (χ4n) is 5.86. The molecule has 244 valence electrons. The number of ether oxygens (including phenoxy) is 3. The summed E-state index contributed by atoms with van der Waals surface area (Å²) in [4.78, 5) is 76.5. The third-order valence-corrected chi connectivity index (χ3v) is 8.26. The van der Waals surface area contributed by atoms with Gasteiger partial charge in [-0.05, 0) is 36.8 Å². The molecule has 14 heteroatoms. The van der Waals surface area contributed by atoms with Gasteiger partial charge in [0.15, 0.2) is 11.2 Å². The molecule has 14 nitrogen and oxygen atoms in total. The van der Waals surface area contributed by atoms with E-state index in [2.05, 4.69) is 20.3 Å². The normalized spacial score (nSPS) is 19.7. The standard InChI is InChI=1S/C33H34N6O8/c40-29(37-24(16-21-8-3-1-4-9-21)32(43)45-17-22-10-5-2-6-11-22)25-12-7-15-38(25)31(42)33(44)46-18-23-13-14-26(47-23)39-20-36-27-28(39)34-19-35-30(27)41/h1-6,8-11,19-20,23-26H,7,12-18H2,(H,37,40)(H,34,35,41)/t23-,24+,25-,26+/m0/s1. The van der Waals surface area contributed by atoms with Crippen LogP contribution in [0.1, 0.15) is 43.0 Å². The molecule has 0 radical (unpaired) electrons. The second-order valence-corrected chi connectivity index (χ2v) is 11.4. The van der Waals surface area contributed by atoms with Crippen molar-refractivity contribution in [1.82, 2.24) is 29.7 Å². The number of imidazole rings is 1. The summed E-state index contributed by atoms with van der Waals surface area (Å²) in [5, 5.41) is 2.76. The highest BCUT2D eigenvalue weighted by Crippen LogP contribution is 2.30. The van der Waals surface area contributed by atoms with E-state index in [1.54, 1.807) is 4.57 Å². The largest absolute Gasteiger partial charge is 0.459 e. The zero-order chi connectivity index (χ0) is 32.8. The van der Waals surface area contributed by atoms with Gasteiger partial charge in [-0.2, -0.15) is 0 Å². The second-order valence-electron chi connectivity index (χ2n) is 11.4. The van der Waals surface area contributed by atoms with Gasteiger partial charge in [-0.15, -0.1) is 0 Å². The third-order valence-electron chi connectivity index (χ3n) is 8.26. The molecule has 47 heavy (non-hydrogen) atoms. The minimum absolute atomic E-state index is 0.0434. The van der Waals surface area contributed by atoms with Gasteiger partial charge in [0.1, 0.15) is 31.5 Å². The number of carbonyl (C=O) groups excluding carboxylic acids is 4. The molecule has 2 aliphatic rings. The van der Waals surface area contributed by atoms with E-state index in [9.17, 15) is 24.0 Å². The summed E-state index contributed by atoms with van der Waals surface area (Å²) in [6.45, 7) is 0.0657. The molecule has 2 amide bonds. The Bertz CT molecular complexity index is 1790. The molecular formula is C33H34N6O8. The predicted molar refractivity (Wildman–Crippen MR) is 165 cm³/mol. The summed E-state index contributed by atoms with van der Waals surface area (Å²) in [6.07, 6.45) is 3.91. The van der Waals surface area contributed by atoms with Crippen molar-refractivity contribution in [2.24, 2.45) is 0 Å². The van der Waals surface area contributed by atoms with Gasteiger partial charge in [0.05, 0.1) is 18.8 Å². The molecule has 6 rings (SSSR count). The van der Waals surface area contributed by atoms with E-state index in [1.807, 2.05) is 60.7 Å². The number of esters is 2. The van der Waals surface area contributed by atoms with Crippen LogP contribution in [0, 0.1) is 0 Å². The van der Waals surface area contributed by atoms with Crippen LogP contribution in [0.5, 0.6) is 0 Å². The summed E-state index contributed by atoms with van der Waals surface area (Å²) >= 11 is 0. The van der Waals surface area contributed by atoms with Crippen LogP contribution in [-0.4, -0.2) is 79.5 Å². The number of likely N-dealkylation sites (tertiary alicyclic amines) is 1. The van der Waals surface area contributed by atoms with Crippen molar-refractivity contribution in [3.05, 3.63) is 94.8 Å². The van der Waals surface area contributed by atoms with Gasteiger partial charge in [0.25, 0.3) is 5.56 Å². The molecule has 2 saturated heterocycles. The van der Waals surface area contributed by atoms with E-state index in [-0.39, 0.29) is 37.3 Å². The summed E-state index contributed by atoms with van der Waals surface area (Å²) in [5.41, 5.74) is 1.83. The molecule has 0 spiro atoms. The highest BCUT2D eigenvalue weighted by atomic mass is 16.6. The Labute approximate surface area is 269 Å². The maximum Gasteiger partial charge on any atom is 0.397 e. The summed E-state index contributed by atoms with van der Waals surface area (Å²) in [5.74, 6) is -3.20. The average Bonchev–Trinajstić information content (AvgIpc) is 3.87. The van der Waals surface area contributed by atoms with Gasteiger partial charge < -0.3 is 29.4 Å². The Morgan fingerprint density at radius 1 is 0.957 bits per heavy atom. The minimum Gasteiger partial charge on any atom is -0.459 e. The number of aromatic nitrogens is 4. The number of nitrogens with zero attached hydrogens (tertiary/aromatic N) is 4. The average molecular weight is 643 g/mol. The van der Waals surface area contributed by atoms with Crippen molar-refractivity contribution < 1.29 is 33.4 Å². The first-order chi connectivity index (χ1) is 22.9. The first-order valence-corrected chi connectivity index (χ1v) is 15.5. The van der Waals surface area contributed by atoms with Crippen LogP contribution in [0.25, 0.3) is 11.2 Å². The van der Waals surface area contributed by atoms with Crippen LogP contribution in [0.15, 0.2) is 78.1 Å². The first-order valence-electron chi connectivity index (χ1n) is 15.5. The van der Waals surface area contributed by atoms with Gasteiger partial charge in [0.2, 0.25) is 5.91 Å². The third kappa shape index (κ3) is 7.38. The monoisotopic (exact) mass is 642 g/mol. The number of H-pyrrole nitrogens is 1. The number of rotatable bonds is 10. The van der Waals surface area contributed by atoms with E-state index in [1.165, 1.54) is 17.6 Å². The fraction of sp³-hybridized carbons (Fsp3) is 0.364. The number of nitrogens with one attached hydrogen (secondary N) is 2. The number of benzene rings is 2. The lowest BCUT2D eigenvalue weighted by Gasteiger charge is -2.25. The lowest BCUT2D eigenvalue weighted by molar-refractivity contribution is -0.164. The van der Waals surface area contributed by atoms with Crippen LogP contribution in [0.2, 0.25) is 0 Å². The molecule has 4 heterocycles. The van der Waals surface area contributed by atoms with Crippen LogP contribution >= 0.6 is 0 Å². The van der Waals surface area contributed by atoms with Gasteiger partial charge in [-0.25, -0.2) is 19.6 Å². The Morgan fingerprint density at radius 3 is 2.47 bits per heavy atom. The Balaban J connectivity index is 1.04. The molecule has 0 saturated carbocycles.